The highest BCUT2D eigenvalue weighted by Gasteiger charge is 2.36. The van der Waals surface area contributed by atoms with Crippen molar-refractivity contribution in [1.82, 2.24) is 15.2 Å². The second kappa shape index (κ2) is 10.2. The Kier molecular flexibility index (Phi) is 7.38. The van der Waals surface area contributed by atoms with Crippen molar-refractivity contribution in [1.29, 1.82) is 0 Å². The summed E-state index contributed by atoms with van der Waals surface area (Å²) in [6.07, 6.45) is 5.59. The van der Waals surface area contributed by atoms with Crippen LogP contribution in [0.4, 0.5) is 0 Å². The van der Waals surface area contributed by atoms with E-state index < -0.39 is 0 Å². The van der Waals surface area contributed by atoms with Crippen LogP contribution in [0.25, 0.3) is 0 Å². The number of rotatable bonds is 7. The fourth-order valence-corrected chi connectivity index (χ4v) is 4.25. The lowest BCUT2D eigenvalue weighted by Gasteiger charge is -2.41. The van der Waals surface area contributed by atoms with Crippen molar-refractivity contribution in [2.24, 2.45) is 11.0 Å². The zero-order valence-electron chi connectivity index (χ0n) is 17.5. The van der Waals surface area contributed by atoms with Crippen LogP contribution < -0.4 is 5.32 Å². The first-order chi connectivity index (χ1) is 14.5. The number of hydrogen-bond acceptors (Lipinski definition) is 4. The highest BCUT2D eigenvalue weighted by Crippen LogP contribution is 2.27. The Labute approximate surface area is 177 Å². The number of hydrogen-bond donors (Lipinski definition) is 1. The van der Waals surface area contributed by atoms with Crippen molar-refractivity contribution < 1.29 is 14.4 Å². The molecule has 2 aliphatic rings. The molecule has 2 atom stereocenters. The van der Waals surface area contributed by atoms with Gasteiger partial charge < -0.3 is 10.2 Å². The molecule has 3 rings (SSSR count). The van der Waals surface area contributed by atoms with Gasteiger partial charge in [-0.05, 0) is 37.3 Å². The molecule has 0 spiro atoms. The number of carbonyl (C=O) groups is 3. The molecule has 0 bridgehead atoms. The van der Waals surface area contributed by atoms with Gasteiger partial charge in [-0.2, -0.15) is 5.10 Å². The van der Waals surface area contributed by atoms with E-state index in [0.29, 0.717) is 31.6 Å². The Hall–Kier alpha value is -2.96. The normalized spacial score (nSPS) is 20.4. The Morgan fingerprint density at radius 2 is 2.03 bits per heavy atom. The third-order valence-corrected chi connectivity index (χ3v) is 5.87. The number of carbonyl (C=O) groups excluding carboxylic acids is 3. The van der Waals surface area contributed by atoms with Crippen LogP contribution in [-0.4, -0.2) is 59.5 Å². The van der Waals surface area contributed by atoms with Crippen molar-refractivity contribution in [3.8, 4) is 0 Å². The van der Waals surface area contributed by atoms with Gasteiger partial charge in [0.2, 0.25) is 11.8 Å². The van der Waals surface area contributed by atoms with Crippen LogP contribution in [0, 0.1) is 5.92 Å². The highest BCUT2D eigenvalue weighted by molar-refractivity contribution is 6.39. The molecule has 1 saturated heterocycles. The Bertz CT molecular complexity index is 821. The van der Waals surface area contributed by atoms with E-state index in [2.05, 4.69) is 29.1 Å². The second-order valence-corrected chi connectivity index (χ2v) is 7.92. The average molecular weight is 411 g/mol. The summed E-state index contributed by atoms with van der Waals surface area (Å²) in [5.74, 6) is -0.300. The minimum atomic E-state index is -0.210. The summed E-state index contributed by atoms with van der Waals surface area (Å²) in [5, 5.41) is 8.42. The van der Waals surface area contributed by atoms with Crippen molar-refractivity contribution >= 4 is 23.4 Å². The maximum absolute atomic E-state index is 13.3. The zero-order valence-corrected chi connectivity index (χ0v) is 17.5. The van der Waals surface area contributed by atoms with Gasteiger partial charge in [-0.3, -0.25) is 14.4 Å². The Balaban J connectivity index is 1.82. The van der Waals surface area contributed by atoms with E-state index in [0.717, 1.165) is 25.7 Å². The summed E-state index contributed by atoms with van der Waals surface area (Å²) in [4.78, 5) is 38.8. The second-order valence-electron chi connectivity index (χ2n) is 7.92. The van der Waals surface area contributed by atoms with Crippen molar-refractivity contribution in [2.75, 3.05) is 20.1 Å². The summed E-state index contributed by atoms with van der Waals surface area (Å²) < 4.78 is 0. The van der Waals surface area contributed by atoms with Gasteiger partial charge in [-0.25, -0.2) is 5.01 Å². The SMILES string of the molecule is C=CC(=O)NCC(Cc1ccccc1)C1CCCCN1C(=O)C1=NN(C)C(=O)CC1. The topological polar surface area (TPSA) is 82.1 Å². The number of piperidine rings is 1. The van der Waals surface area contributed by atoms with Crippen LogP contribution in [0.15, 0.2) is 48.1 Å². The quantitative estimate of drug-likeness (QED) is 0.699. The third kappa shape index (κ3) is 5.34. The first kappa shape index (κ1) is 21.7. The summed E-state index contributed by atoms with van der Waals surface area (Å²) >= 11 is 0. The summed E-state index contributed by atoms with van der Waals surface area (Å²) in [6, 6.07) is 10.1. The molecule has 0 aliphatic carbocycles. The predicted molar refractivity (Wildman–Crippen MR) is 116 cm³/mol. The molecule has 0 saturated carbocycles. The molecule has 1 N–H and O–H groups in total. The number of hydrazone groups is 1. The van der Waals surface area contributed by atoms with Gasteiger partial charge in [0, 0.05) is 44.9 Å². The maximum atomic E-state index is 13.3. The molecule has 7 heteroatoms. The fraction of sp³-hybridized carbons (Fsp3) is 0.478. The van der Waals surface area contributed by atoms with Crippen molar-refractivity contribution in [2.45, 2.75) is 44.6 Å². The molecule has 0 aromatic heterocycles. The van der Waals surface area contributed by atoms with Crippen LogP contribution in [0.1, 0.15) is 37.7 Å². The minimum absolute atomic E-state index is 0.00204. The van der Waals surface area contributed by atoms with Crippen molar-refractivity contribution in [3.05, 3.63) is 48.6 Å². The smallest absolute Gasteiger partial charge is 0.270 e. The average Bonchev–Trinajstić information content (AvgIpc) is 2.78. The number of likely N-dealkylation sites (tertiary alicyclic amines) is 1. The van der Waals surface area contributed by atoms with Crippen LogP contribution in [0.2, 0.25) is 0 Å². The van der Waals surface area contributed by atoms with E-state index in [1.807, 2.05) is 23.1 Å². The lowest BCUT2D eigenvalue weighted by molar-refractivity contribution is -0.131. The van der Waals surface area contributed by atoms with Gasteiger partial charge in [-0.15, -0.1) is 0 Å². The van der Waals surface area contributed by atoms with Gasteiger partial charge in [0.05, 0.1) is 0 Å². The largest absolute Gasteiger partial charge is 0.352 e. The first-order valence-electron chi connectivity index (χ1n) is 10.6. The first-order valence-corrected chi connectivity index (χ1v) is 10.6. The molecule has 1 aromatic rings. The standard InChI is InChI=1S/C23H30N4O3/c1-3-21(28)24-16-18(15-17-9-5-4-6-10-17)20-11-7-8-14-27(20)23(30)19-12-13-22(29)26(2)25-19/h3-6,9-10,18,20H,1,7-8,11-16H2,2H3,(H,24,28). The minimum Gasteiger partial charge on any atom is -0.352 e. The van der Waals surface area contributed by atoms with E-state index in [1.165, 1.54) is 16.6 Å². The van der Waals surface area contributed by atoms with E-state index in [9.17, 15) is 14.4 Å². The summed E-state index contributed by atoms with van der Waals surface area (Å²) in [5.41, 5.74) is 1.62. The monoisotopic (exact) mass is 410 g/mol. The third-order valence-electron chi connectivity index (χ3n) is 5.87. The Morgan fingerprint density at radius 1 is 1.27 bits per heavy atom. The van der Waals surface area contributed by atoms with E-state index in [-0.39, 0.29) is 29.7 Å². The van der Waals surface area contributed by atoms with Crippen LogP contribution in [0.3, 0.4) is 0 Å². The van der Waals surface area contributed by atoms with Gasteiger partial charge in [0.1, 0.15) is 5.71 Å². The molecule has 7 nitrogen and oxygen atoms in total. The van der Waals surface area contributed by atoms with E-state index in [4.69, 9.17) is 0 Å². The molecule has 0 radical (unpaired) electrons. The van der Waals surface area contributed by atoms with Crippen molar-refractivity contribution in [3.63, 3.8) is 0 Å². The molecule has 160 valence electrons. The number of benzene rings is 1. The number of nitrogens with one attached hydrogen (secondary N) is 1. The Morgan fingerprint density at radius 3 is 2.73 bits per heavy atom. The molecule has 2 aliphatic heterocycles. The molecule has 3 amide bonds. The molecule has 1 aromatic carbocycles. The molecule has 2 unspecified atom stereocenters. The van der Waals surface area contributed by atoms with Crippen LogP contribution in [0.5, 0.6) is 0 Å². The lowest BCUT2D eigenvalue weighted by atomic mass is 9.85. The maximum Gasteiger partial charge on any atom is 0.270 e. The summed E-state index contributed by atoms with van der Waals surface area (Å²) in [7, 11) is 1.59. The van der Waals surface area contributed by atoms with Gasteiger partial charge in [0.15, 0.2) is 0 Å². The summed E-state index contributed by atoms with van der Waals surface area (Å²) in [6.45, 7) is 4.67. The number of nitrogens with zero attached hydrogens (tertiary/aromatic N) is 3. The molecular weight excluding hydrogens is 380 g/mol. The molecular formula is C23H30N4O3. The molecule has 1 fully saturated rings. The molecule has 30 heavy (non-hydrogen) atoms. The highest BCUT2D eigenvalue weighted by atomic mass is 16.2. The van der Waals surface area contributed by atoms with Gasteiger partial charge in [0.25, 0.3) is 5.91 Å². The van der Waals surface area contributed by atoms with E-state index in [1.54, 1.807) is 7.05 Å². The van der Waals surface area contributed by atoms with E-state index >= 15 is 0 Å². The van der Waals surface area contributed by atoms with Crippen LogP contribution >= 0.6 is 0 Å². The lowest BCUT2D eigenvalue weighted by Crippen LogP contribution is -2.53. The van der Waals surface area contributed by atoms with Crippen LogP contribution in [-0.2, 0) is 20.8 Å². The van der Waals surface area contributed by atoms with Gasteiger partial charge in [-0.1, -0.05) is 36.9 Å². The fourth-order valence-electron chi connectivity index (χ4n) is 4.25. The zero-order chi connectivity index (χ0) is 21.5. The molecule has 2 heterocycles. The van der Waals surface area contributed by atoms with Gasteiger partial charge >= 0.3 is 0 Å². The predicted octanol–water partition coefficient (Wildman–Crippen LogP) is 2.14. The number of amides is 3.